The molecule has 19 heavy (non-hydrogen) atoms. The van der Waals surface area contributed by atoms with E-state index in [2.05, 4.69) is 42.8 Å². The lowest BCUT2D eigenvalue weighted by Gasteiger charge is -2.40. The first kappa shape index (κ1) is 14.4. The van der Waals surface area contributed by atoms with Crippen molar-refractivity contribution in [2.45, 2.75) is 25.9 Å². The van der Waals surface area contributed by atoms with Crippen LogP contribution in [0.4, 0.5) is 0 Å². The molecule has 0 N–H and O–H groups in total. The summed E-state index contributed by atoms with van der Waals surface area (Å²) < 4.78 is 1.02. The topological polar surface area (TPSA) is 43.2 Å². The molecule has 0 radical (unpaired) electrons. The van der Waals surface area contributed by atoms with Gasteiger partial charge < -0.3 is 0 Å². The normalized spacial score (nSPS) is 18.2. The Bertz CT molecular complexity index is 473. The summed E-state index contributed by atoms with van der Waals surface area (Å²) in [7, 11) is 0. The Labute approximate surface area is 123 Å². The van der Waals surface area contributed by atoms with Gasteiger partial charge in [0.15, 0.2) is 0 Å². The van der Waals surface area contributed by atoms with Gasteiger partial charge in [-0.3, -0.25) is 14.8 Å². The molecule has 0 aromatic carbocycles. The quantitative estimate of drug-likeness (QED) is 0.856. The molecule has 0 saturated carbocycles. The van der Waals surface area contributed by atoms with Crippen LogP contribution in [0.15, 0.2) is 22.9 Å². The molecule has 0 atom stereocenters. The summed E-state index contributed by atoms with van der Waals surface area (Å²) in [6, 6.07) is 4.48. The highest BCUT2D eigenvalue weighted by Gasteiger charge is 2.29. The first-order chi connectivity index (χ1) is 9.01. The predicted molar refractivity (Wildman–Crippen MR) is 78.5 cm³/mol. The van der Waals surface area contributed by atoms with E-state index in [9.17, 15) is 0 Å². The minimum atomic E-state index is -0.358. The van der Waals surface area contributed by atoms with Crippen molar-refractivity contribution < 1.29 is 0 Å². The molecule has 102 valence electrons. The predicted octanol–water partition coefficient (Wildman–Crippen LogP) is 2.26. The lowest BCUT2D eigenvalue weighted by atomic mass is 10.0. The Morgan fingerprint density at radius 1 is 1.32 bits per heavy atom. The summed E-state index contributed by atoms with van der Waals surface area (Å²) in [5.74, 6) is 0. The summed E-state index contributed by atoms with van der Waals surface area (Å²) in [6.07, 6.45) is 3.72. The van der Waals surface area contributed by atoms with Crippen LogP contribution in [0.3, 0.4) is 0 Å². The highest BCUT2D eigenvalue weighted by molar-refractivity contribution is 9.10. The van der Waals surface area contributed by atoms with Crippen molar-refractivity contribution in [1.82, 2.24) is 14.8 Å². The van der Waals surface area contributed by atoms with Gasteiger partial charge in [0.25, 0.3) is 0 Å². The molecule has 0 spiro atoms. The van der Waals surface area contributed by atoms with E-state index in [0.717, 1.165) is 37.2 Å². The van der Waals surface area contributed by atoms with Gasteiger partial charge in [0.05, 0.1) is 6.07 Å². The second kappa shape index (κ2) is 6.00. The first-order valence-corrected chi connectivity index (χ1v) is 7.28. The van der Waals surface area contributed by atoms with Crippen LogP contribution >= 0.6 is 15.9 Å². The number of aromatic nitrogens is 1. The maximum absolute atomic E-state index is 9.16. The van der Waals surface area contributed by atoms with E-state index in [1.807, 2.05) is 20.0 Å². The first-order valence-electron chi connectivity index (χ1n) is 6.49. The van der Waals surface area contributed by atoms with Crippen LogP contribution in [-0.4, -0.2) is 46.5 Å². The zero-order valence-electron chi connectivity index (χ0n) is 11.4. The third-order valence-corrected chi connectivity index (χ3v) is 4.04. The average molecular weight is 323 g/mol. The molecule has 0 unspecified atom stereocenters. The molecule has 1 aromatic heterocycles. The second-order valence-corrected chi connectivity index (χ2v) is 6.36. The van der Waals surface area contributed by atoms with Gasteiger partial charge in [-0.25, -0.2) is 0 Å². The fourth-order valence-corrected chi connectivity index (χ4v) is 2.75. The molecule has 1 saturated heterocycles. The number of rotatable bonds is 3. The molecule has 1 aliphatic heterocycles. The molecule has 5 heteroatoms. The van der Waals surface area contributed by atoms with Crippen molar-refractivity contribution in [3.63, 3.8) is 0 Å². The maximum Gasteiger partial charge on any atom is 0.103 e. The molecule has 1 aliphatic rings. The fraction of sp³-hybridized carbons (Fsp3) is 0.571. The zero-order chi connectivity index (χ0) is 13.9. The number of halogens is 1. The number of nitrogens with zero attached hydrogens (tertiary/aromatic N) is 4. The molecule has 0 amide bonds. The van der Waals surface area contributed by atoms with Crippen molar-refractivity contribution in [2.24, 2.45) is 0 Å². The highest BCUT2D eigenvalue weighted by Crippen LogP contribution is 2.17. The van der Waals surface area contributed by atoms with Gasteiger partial charge in [0, 0.05) is 49.6 Å². The van der Waals surface area contributed by atoms with Gasteiger partial charge in [-0.1, -0.05) is 0 Å². The Hall–Kier alpha value is -0.960. The number of nitriles is 1. The van der Waals surface area contributed by atoms with Gasteiger partial charge in [-0.2, -0.15) is 5.26 Å². The molecular weight excluding hydrogens is 304 g/mol. The van der Waals surface area contributed by atoms with Gasteiger partial charge in [-0.05, 0) is 41.4 Å². The summed E-state index contributed by atoms with van der Waals surface area (Å²) in [5.41, 5.74) is 0.867. The molecule has 2 rings (SSSR count). The molecule has 4 nitrogen and oxygen atoms in total. The number of hydrogen-bond donors (Lipinski definition) is 0. The minimum absolute atomic E-state index is 0.358. The highest BCUT2D eigenvalue weighted by atomic mass is 79.9. The minimum Gasteiger partial charge on any atom is -0.296 e. The molecular formula is C14H19BrN4. The molecule has 0 bridgehead atoms. The van der Waals surface area contributed by atoms with E-state index in [4.69, 9.17) is 5.26 Å². The third-order valence-electron chi connectivity index (χ3n) is 3.60. The van der Waals surface area contributed by atoms with E-state index < -0.39 is 0 Å². The van der Waals surface area contributed by atoms with Crippen molar-refractivity contribution >= 4 is 15.9 Å². The lowest BCUT2D eigenvalue weighted by Crippen LogP contribution is -2.53. The van der Waals surface area contributed by atoms with E-state index in [-0.39, 0.29) is 5.54 Å². The fourth-order valence-electron chi connectivity index (χ4n) is 2.34. The average Bonchev–Trinajstić information content (AvgIpc) is 2.39. The van der Waals surface area contributed by atoms with Crippen LogP contribution in [0.5, 0.6) is 0 Å². The smallest absolute Gasteiger partial charge is 0.103 e. The van der Waals surface area contributed by atoms with Crippen LogP contribution < -0.4 is 0 Å². The Kier molecular flexibility index (Phi) is 4.56. The number of pyridine rings is 1. The van der Waals surface area contributed by atoms with Crippen LogP contribution in [-0.2, 0) is 6.54 Å². The Morgan fingerprint density at radius 2 is 2.00 bits per heavy atom. The van der Waals surface area contributed by atoms with Crippen LogP contribution in [0, 0.1) is 11.3 Å². The van der Waals surface area contributed by atoms with Gasteiger partial charge in [0.1, 0.15) is 5.54 Å². The maximum atomic E-state index is 9.16. The largest absolute Gasteiger partial charge is 0.296 e. The second-order valence-electron chi connectivity index (χ2n) is 5.45. The molecule has 0 aliphatic carbocycles. The summed E-state index contributed by atoms with van der Waals surface area (Å²) in [6.45, 7) is 8.79. The lowest BCUT2D eigenvalue weighted by molar-refractivity contribution is 0.0763. The van der Waals surface area contributed by atoms with Crippen LogP contribution in [0.1, 0.15) is 19.4 Å². The van der Waals surface area contributed by atoms with Crippen LogP contribution in [0.2, 0.25) is 0 Å². The van der Waals surface area contributed by atoms with Gasteiger partial charge in [-0.15, -0.1) is 0 Å². The van der Waals surface area contributed by atoms with E-state index in [0.29, 0.717) is 0 Å². The van der Waals surface area contributed by atoms with Crippen molar-refractivity contribution in [2.75, 3.05) is 26.2 Å². The van der Waals surface area contributed by atoms with Crippen molar-refractivity contribution in [3.05, 3.63) is 28.5 Å². The summed E-state index contributed by atoms with van der Waals surface area (Å²) in [4.78, 5) is 8.85. The van der Waals surface area contributed by atoms with Gasteiger partial charge in [0.2, 0.25) is 0 Å². The SMILES string of the molecule is CC(C)(C#N)N1CCN(Cc2cncc(Br)c2)CC1. The summed E-state index contributed by atoms with van der Waals surface area (Å²) >= 11 is 3.45. The molecule has 1 fully saturated rings. The van der Waals surface area contributed by atoms with Gasteiger partial charge >= 0.3 is 0 Å². The van der Waals surface area contributed by atoms with E-state index in [1.165, 1.54) is 5.56 Å². The Morgan fingerprint density at radius 3 is 2.58 bits per heavy atom. The van der Waals surface area contributed by atoms with Crippen molar-refractivity contribution in [1.29, 1.82) is 5.26 Å². The number of piperazine rings is 1. The molecule has 2 heterocycles. The standard InChI is InChI=1S/C14H19BrN4/c1-14(2,11-16)19-5-3-18(4-6-19)10-12-7-13(15)9-17-8-12/h7-9H,3-6,10H2,1-2H3. The monoisotopic (exact) mass is 322 g/mol. The van der Waals surface area contributed by atoms with E-state index >= 15 is 0 Å². The third kappa shape index (κ3) is 3.75. The van der Waals surface area contributed by atoms with Crippen molar-refractivity contribution in [3.8, 4) is 6.07 Å². The van der Waals surface area contributed by atoms with E-state index in [1.54, 1.807) is 6.20 Å². The zero-order valence-corrected chi connectivity index (χ0v) is 13.0. The number of hydrogen-bond acceptors (Lipinski definition) is 4. The van der Waals surface area contributed by atoms with Crippen LogP contribution in [0.25, 0.3) is 0 Å². The summed E-state index contributed by atoms with van der Waals surface area (Å²) in [5, 5.41) is 9.16. The Balaban J connectivity index is 1.89. The molecule has 1 aromatic rings.